The van der Waals surface area contributed by atoms with Crippen molar-refractivity contribution < 1.29 is 9.53 Å². The van der Waals surface area contributed by atoms with Crippen LogP contribution in [0, 0.1) is 20.8 Å². The van der Waals surface area contributed by atoms with Gasteiger partial charge in [-0.05, 0) is 56.5 Å². The zero-order valence-corrected chi connectivity index (χ0v) is 15.4. The fourth-order valence-electron chi connectivity index (χ4n) is 3.36. The van der Waals surface area contributed by atoms with E-state index in [2.05, 4.69) is 32.0 Å². The van der Waals surface area contributed by atoms with Crippen molar-refractivity contribution in [1.82, 2.24) is 4.90 Å². The molecule has 132 valence electrons. The molecule has 1 saturated heterocycles. The van der Waals surface area contributed by atoms with E-state index in [1.54, 1.807) is 6.07 Å². The first-order valence-electron chi connectivity index (χ1n) is 8.72. The Bertz CT molecular complexity index is 800. The van der Waals surface area contributed by atoms with Crippen molar-refractivity contribution in [3.63, 3.8) is 0 Å². The zero-order valence-electron chi connectivity index (χ0n) is 15.4. The van der Waals surface area contributed by atoms with E-state index in [1.807, 2.05) is 30.9 Å². The second kappa shape index (κ2) is 6.89. The van der Waals surface area contributed by atoms with E-state index in [0.29, 0.717) is 24.4 Å². The van der Waals surface area contributed by atoms with Gasteiger partial charge in [-0.3, -0.25) is 4.79 Å². The van der Waals surface area contributed by atoms with Crippen LogP contribution in [0.2, 0.25) is 0 Å². The number of nitrogens with two attached hydrogens (primary N) is 1. The molecule has 0 spiro atoms. The first-order chi connectivity index (χ1) is 11.9. The predicted molar refractivity (Wildman–Crippen MR) is 101 cm³/mol. The molecule has 2 unspecified atom stereocenters. The molecule has 0 aromatic heterocycles. The Hall–Kier alpha value is -2.33. The minimum atomic E-state index is -0.0959. The number of ether oxygens (including phenoxy) is 1. The lowest BCUT2D eigenvalue weighted by molar-refractivity contribution is -0.0489. The molecule has 0 radical (unpaired) electrons. The lowest BCUT2D eigenvalue weighted by Crippen LogP contribution is -2.48. The molecule has 1 fully saturated rings. The second-order valence-electron chi connectivity index (χ2n) is 7.06. The van der Waals surface area contributed by atoms with E-state index in [0.717, 1.165) is 11.1 Å². The Balaban J connectivity index is 1.89. The van der Waals surface area contributed by atoms with Gasteiger partial charge < -0.3 is 15.4 Å². The number of nitrogens with zero attached hydrogens (tertiary/aromatic N) is 1. The van der Waals surface area contributed by atoms with Gasteiger partial charge in [-0.15, -0.1) is 0 Å². The molecule has 1 heterocycles. The van der Waals surface area contributed by atoms with Crippen LogP contribution in [0.1, 0.15) is 45.6 Å². The van der Waals surface area contributed by atoms with Crippen molar-refractivity contribution in [3.05, 3.63) is 64.2 Å². The molecular formula is C21H26N2O2. The summed E-state index contributed by atoms with van der Waals surface area (Å²) in [5.41, 5.74) is 11.7. The number of benzene rings is 2. The van der Waals surface area contributed by atoms with Gasteiger partial charge in [0.25, 0.3) is 5.91 Å². The Morgan fingerprint density at radius 1 is 1.12 bits per heavy atom. The Labute approximate surface area is 149 Å². The normalized spacial score (nSPS) is 20.6. The molecule has 1 aliphatic rings. The van der Waals surface area contributed by atoms with E-state index in [1.165, 1.54) is 11.1 Å². The van der Waals surface area contributed by atoms with Crippen LogP contribution in [0.4, 0.5) is 5.69 Å². The first kappa shape index (κ1) is 17.5. The van der Waals surface area contributed by atoms with E-state index >= 15 is 0 Å². The average Bonchev–Trinajstić information content (AvgIpc) is 2.59. The summed E-state index contributed by atoms with van der Waals surface area (Å²) in [4.78, 5) is 15.0. The number of carbonyl (C=O) groups excluding carboxylic acids is 1. The van der Waals surface area contributed by atoms with Crippen LogP contribution in [0.25, 0.3) is 0 Å². The van der Waals surface area contributed by atoms with Crippen LogP contribution in [-0.4, -0.2) is 30.0 Å². The number of carbonyl (C=O) groups is 1. The highest BCUT2D eigenvalue weighted by Crippen LogP contribution is 2.29. The number of hydrogen-bond acceptors (Lipinski definition) is 3. The zero-order chi connectivity index (χ0) is 18.1. The summed E-state index contributed by atoms with van der Waals surface area (Å²) in [5, 5.41) is 0. The number of amides is 1. The van der Waals surface area contributed by atoms with Crippen LogP contribution in [-0.2, 0) is 4.74 Å². The Morgan fingerprint density at radius 2 is 1.84 bits per heavy atom. The van der Waals surface area contributed by atoms with E-state index < -0.39 is 0 Å². The third-order valence-electron chi connectivity index (χ3n) is 4.97. The van der Waals surface area contributed by atoms with Crippen LogP contribution < -0.4 is 5.73 Å². The number of hydrogen-bond donors (Lipinski definition) is 1. The molecule has 4 heteroatoms. The molecule has 25 heavy (non-hydrogen) atoms. The molecular weight excluding hydrogens is 312 g/mol. The summed E-state index contributed by atoms with van der Waals surface area (Å²) in [6.07, 6.45) is -0.0959. The summed E-state index contributed by atoms with van der Waals surface area (Å²) >= 11 is 0. The molecule has 0 bridgehead atoms. The fourth-order valence-corrected chi connectivity index (χ4v) is 3.36. The van der Waals surface area contributed by atoms with Gasteiger partial charge in [0.05, 0.1) is 19.2 Å². The molecule has 1 aliphatic heterocycles. The van der Waals surface area contributed by atoms with E-state index in [9.17, 15) is 4.79 Å². The highest BCUT2D eigenvalue weighted by Gasteiger charge is 2.32. The van der Waals surface area contributed by atoms with E-state index in [4.69, 9.17) is 10.5 Å². The molecule has 0 aliphatic carbocycles. The van der Waals surface area contributed by atoms with Gasteiger partial charge in [-0.1, -0.05) is 29.8 Å². The quantitative estimate of drug-likeness (QED) is 0.848. The minimum absolute atomic E-state index is 0.0240. The van der Waals surface area contributed by atoms with Crippen LogP contribution >= 0.6 is 0 Å². The fraction of sp³-hybridized carbons (Fsp3) is 0.381. The van der Waals surface area contributed by atoms with E-state index in [-0.39, 0.29) is 18.1 Å². The summed E-state index contributed by atoms with van der Waals surface area (Å²) in [6, 6.07) is 11.9. The first-order valence-corrected chi connectivity index (χ1v) is 8.72. The molecule has 2 aromatic rings. The van der Waals surface area contributed by atoms with Crippen molar-refractivity contribution in [3.8, 4) is 0 Å². The van der Waals surface area contributed by atoms with Crippen molar-refractivity contribution in [2.24, 2.45) is 0 Å². The lowest BCUT2D eigenvalue weighted by atomic mass is 9.98. The van der Waals surface area contributed by atoms with Gasteiger partial charge in [-0.25, -0.2) is 0 Å². The highest BCUT2D eigenvalue weighted by molar-refractivity contribution is 5.96. The van der Waals surface area contributed by atoms with Crippen molar-refractivity contribution in [2.75, 3.05) is 18.9 Å². The molecule has 0 saturated carbocycles. The summed E-state index contributed by atoms with van der Waals surface area (Å²) < 4.78 is 6.06. The monoisotopic (exact) mass is 338 g/mol. The number of anilines is 1. The van der Waals surface area contributed by atoms with Crippen molar-refractivity contribution in [1.29, 1.82) is 0 Å². The molecule has 3 rings (SSSR count). The molecule has 4 nitrogen and oxygen atoms in total. The molecule has 2 aromatic carbocycles. The van der Waals surface area contributed by atoms with Gasteiger partial charge in [0, 0.05) is 11.3 Å². The predicted octanol–water partition coefficient (Wildman–Crippen LogP) is 3.80. The average molecular weight is 338 g/mol. The standard InChI is InChI=1S/C21H26N2O2/c1-13-5-6-14(2)18(9-13)20-11-23(16(4)12-25-20)21(24)19-10-17(22)8-7-15(19)3/h5-10,16,20H,11-12,22H2,1-4H3. The summed E-state index contributed by atoms with van der Waals surface area (Å²) in [7, 11) is 0. The number of rotatable bonds is 2. The minimum Gasteiger partial charge on any atom is -0.399 e. The smallest absolute Gasteiger partial charge is 0.254 e. The van der Waals surface area contributed by atoms with Gasteiger partial charge >= 0.3 is 0 Å². The largest absolute Gasteiger partial charge is 0.399 e. The SMILES string of the molecule is Cc1ccc(C)c(C2CN(C(=O)c3cc(N)ccc3C)C(C)CO2)c1. The lowest BCUT2D eigenvalue weighted by Gasteiger charge is -2.39. The highest BCUT2D eigenvalue weighted by atomic mass is 16.5. The van der Waals surface area contributed by atoms with Gasteiger partial charge in [0.15, 0.2) is 0 Å². The van der Waals surface area contributed by atoms with Crippen LogP contribution in [0.3, 0.4) is 0 Å². The number of nitrogen functional groups attached to an aromatic ring is 1. The number of aryl methyl sites for hydroxylation is 3. The van der Waals surface area contributed by atoms with Gasteiger partial charge in [-0.2, -0.15) is 0 Å². The van der Waals surface area contributed by atoms with Crippen molar-refractivity contribution in [2.45, 2.75) is 39.8 Å². The summed E-state index contributed by atoms with van der Waals surface area (Å²) in [6.45, 7) is 9.22. The van der Waals surface area contributed by atoms with Gasteiger partial charge in [0.2, 0.25) is 0 Å². The maximum Gasteiger partial charge on any atom is 0.254 e. The third-order valence-corrected chi connectivity index (χ3v) is 4.97. The van der Waals surface area contributed by atoms with Crippen LogP contribution in [0.5, 0.6) is 0 Å². The Kier molecular flexibility index (Phi) is 4.82. The maximum absolute atomic E-state index is 13.1. The molecule has 2 atom stereocenters. The molecule has 1 amide bonds. The maximum atomic E-state index is 13.1. The Morgan fingerprint density at radius 3 is 2.60 bits per heavy atom. The number of morpholine rings is 1. The van der Waals surface area contributed by atoms with Gasteiger partial charge in [0.1, 0.15) is 6.10 Å². The second-order valence-corrected chi connectivity index (χ2v) is 7.06. The summed E-state index contributed by atoms with van der Waals surface area (Å²) in [5.74, 6) is 0.0240. The van der Waals surface area contributed by atoms with Crippen molar-refractivity contribution >= 4 is 11.6 Å². The van der Waals surface area contributed by atoms with Crippen LogP contribution in [0.15, 0.2) is 36.4 Å². The third kappa shape index (κ3) is 3.54. The molecule has 2 N–H and O–H groups in total. The topological polar surface area (TPSA) is 55.6 Å².